The third kappa shape index (κ3) is 3.04. The van der Waals surface area contributed by atoms with Crippen LogP contribution in [-0.4, -0.2) is 45.1 Å². The number of fused-ring (bicyclic) bond motifs is 2. The molecular weight excluding hydrogens is 342 g/mol. The third-order valence-electron chi connectivity index (χ3n) is 5.11. The molecule has 0 spiro atoms. The second-order valence-corrected chi connectivity index (χ2v) is 6.98. The van der Waals surface area contributed by atoms with Crippen molar-refractivity contribution in [1.29, 1.82) is 0 Å². The van der Waals surface area contributed by atoms with Gasteiger partial charge in [-0.2, -0.15) is 15.0 Å². The number of nitrogens with one attached hydrogen (secondary N) is 1. The highest BCUT2D eigenvalue weighted by Crippen LogP contribution is 2.41. The van der Waals surface area contributed by atoms with Gasteiger partial charge in [-0.15, -0.1) is 0 Å². The Morgan fingerprint density at radius 3 is 2.52 bits per heavy atom. The number of urea groups is 1. The summed E-state index contributed by atoms with van der Waals surface area (Å²) in [6.07, 6.45) is 7.19. The number of carbonyl (C=O) groups excluding carboxylic acids is 1. The van der Waals surface area contributed by atoms with Crippen molar-refractivity contribution in [2.45, 2.75) is 43.8 Å². The monoisotopic (exact) mass is 361 g/mol. The number of carbonyl (C=O) groups is 1. The highest BCUT2D eigenvalue weighted by molar-refractivity contribution is 6.31. The summed E-state index contributed by atoms with van der Waals surface area (Å²) in [5, 5.41) is 12.0. The van der Waals surface area contributed by atoms with E-state index >= 15 is 0 Å². The molecule has 2 atom stereocenters. The lowest BCUT2D eigenvalue weighted by molar-refractivity contribution is 0.124. The first-order valence-electron chi connectivity index (χ1n) is 8.44. The second-order valence-electron chi connectivity index (χ2n) is 6.54. The first-order chi connectivity index (χ1) is 12.2. The lowest BCUT2D eigenvalue weighted by Crippen LogP contribution is -2.49. The summed E-state index contributed by atoms with van der Waals surface area (Å²) in [7, 11) is 1.57. The van der Waals surface area contributed by atoms with E-state index in [2.05, 4.69) is 15.5 Å². The molecule has 2 unspecified atom stereocenters. The van der Waals surface area contributed by atoms with E-state index < -0.39 is 0 Å². The van der Waals surface area contributed by atoms with Gasteiger partial charge < -0.3 is 15.0 Å². The Hall–Kier alpha value is -2.28. The molecule has 0 saturated carbocycles. The molecule has 2 fully saturated rings. The van der Waals surface area contributed by atoms with Crippen LogP contribution in [0.5, 0.6) is 5.75 Å². The quantitative estimate of drug-likeness (QED) is 0.910. The number of aromatic nitrogens is 3. The number of halogens is 1. The van der Waals surface area contributed by atoms with Crippen LogP contribution in [-0.2, 0) is 0 Å². The van der Waals surface area contributed by atoms with Crippen LogP contribution in [0.25, 0.3) is 0 Å². The van der Waals surface area contributed by atoms with Gasteiger partial charge in [0.1, 0.15) is 5.75 Å². The van der Waals surface area contributed by atoms with E-state index in [4.69, 9.17) is 16.3 Å². The first-order valence-corrected chi connectivity index (χ1v) is 8.82. The van der Waals surface area contributed by atoms with Crippen LogP contribution < -0.4 is 10.1 Å². The zero-order chi connectivity index (χ0) is 17.4. The highest BCUT2D eigenvalue weighted by Gasteiger charge is 2.44. The van der Waals surface area contributed by atoms with Crippen LogP contribution in [0, 0.1) is 0 Å². The molecule has 7 nitrogen and oxygen atoms in total. The Bertz CT molecular complexity index is 752. The van der Waals surface area contributed by atoms with Crippen LogP contribution in [0.3, 0.4) is 0 Å². The summed E-state index contributed by atoms with van der Waals surface area (Å²) in [4.78, 5) is 16.6. The largest absolute Gasteiger partial charge is 0.495 e. The fourth-order valence-corrected chi connectivity index (χ4v) is 4.21. The molecule has 2 aliphatic rings. The van der Waals surface area contributed by atoms with E-state index in [0.717, 1.165) is 25.7 Å². The van der Waals surface area contributed by atoms with Crippen molar-refractivity contribution in [2.75, 3.05) is 12.4 Å². The third-order valence-corrected chi connectivity index (χ3v) is 5.34. The molecule has 2 aromatic rings. The summed E-state index contributed by atoms with van der Waals surface area (Å²) in [6, 6.07) is 5.78. The fourth-order valence-electron chi connectivity index (χ4n) is 4.04. The van der Waals surface area contributed by atoms with Gasteiger partial charge in [0.25, 0.3) is 0 Å². The van der Waals surface area contributed by atoms with Gasteiger partial charge in [-0.25, -0.2) is 4.79 Å². The zero-order valence-corrected chi connectivity index (χ0v) is 14.7. The first kappa shape index (κ1) is 16.2. The van der Waals surface area contributed by atoms with Crippen LogP contribution in [0.15, 0.2) is 30.6 Å². The van der Waals surface area contributed by atoms with Crippen molar-refractivity contribution in [3.05, 3.63) is 35.6 Å². The van der Waals surface area contributed by atoms with Gasteiger partial charge in [0.2, 0.25) is 0 Å². The Morgan fingerprint density at radius 2 is 1.88 bits per heavy atom. The van der Waals surface area contributed by atoms with E-state index in [-0.39, 0.29) is 24.2 Å². The maximum absolute atomic E-state index is 12.9. The predicted molar refractivity (Wildman–Crippen MR) is 94.0 cm³/mol. The summed E-state index contributed by atoms with van der Waals surface area (Å²) in [5.74, 6) is 0.598. The van der Waals surface area contributed by atoms with E-state index in [1.165, 1.54) is 0 Å². The minimum Gasteiger partial charge on any atom is -0.495 e. The Balaban J connectivity index is 1.50. The average Bonchev–Trinajstić information content (AvgIpc) is 3.22. The van der Waals surface area contributed by atoms with Gasteiger partial charge >= 0.3 is 6.03 Å². The Morgan fingerprint density at radius 1 is 1.20 bits per heavy atom. The van der Waals surface area contributed by atoms with Gasteiger partial charge in [-0.3, -0.25) is 0 Å². The van der Waals surface area contributed by atoms with E-state index in [9.17, 15) is 4.79 Å². The maximum atomic E-state index is 12.9. The zero-order valence-electron chi connectivity index (χ0n) is 13.9. The van der Waals surface area contributed by atoms with Gasteiger partial charge in [-0.05, 0) is 43.9 Å². The molecule has 1 aromatic carbocycles. The van der Waals surface area contributed by atoms with Crippen molar-refractivity contribution in [1.82, 2.24) is 19.9 Å². The maximum Gasteiger partial charge on any atom is 0.322 e. The number of nitrogens with zero attached hydrogens (tertiary/aromatic N) is 4. The molecule has 4 rings (SSSR count). The standard InChI is InChI=1S/C17H20ClN5O2/c1-25-16-5-2-11(18)8-15(16)21-17(24)22-12-3-4-13(22)10-14(9-12)23-19-6-7-20-23/h2,5-8,12-14H,3-4,9-10H2,1H3,(H,21,24). The van der Waals surface area contributed by atoms with E-state index in [1.54, 1.807) is 42.5 Å². The molecule has 0 radical (unpaired) electrons. The number of hydrogen-bond acceptors (Lipinski definition) is 4. The van der Waals surface area contributed by atoms with Crippen molar-refractivity contribution in [2.24, 2.45) is 0 Å². The lowest BCUT2D eigenvalue weighted by atomic mass is 9.98. The van der Waals surface area contributed by atoms with Crippen LogP contribution in [0.1, 0.15) is 31.7 Å². The number of benzene rings is 1. The number of hydrogen-bond donors (Lipinski definition) is 1. The highest BCUT2D eigenvalue weighted by atomic mass is 35.5. The van der Waals surface area contributed by atoms with Crippen molar-refractivity contribution >= 4 is 23.3 Å². The molecule has 2 aliphatic heterocycles. The molecular formula is C17H20ClN5O2. The van der Waals surface area contributed by atoms with Gasteiger partial charge in [0.05, 0.1) is 31.2 Å². The summed E-state index contributed by atoms with van der Waals surface area (Å²) in [6.45, 7) is 0. The number of anilines is 1. The van der Waals surface area contributed by atoms with Crippen molar-refractivity contribution in [3.8, 4) is 5.75 Å². The smallest absolute Gasteiger partial charge is 0.322 e. The molecule has 8 heteroatoms. The van der Waals surface area contributed by atoms with Crippen LogP contribution in [0.2, 0.25) is 5.02 Å². The van der Waals surface area contributed by atoms with Crippen LogP contribution in [0.4, 0.5) is 10.5 Å². The number of ether oxygens (including phenoxy) is 1. The van der Waals surface area contributed by atoms with Gasteiger partial charge in [0, 0.05) is 17.1 Å². The molecule has 2 bridgehead atoms. The molecule has 25 heavy (non-hydrogen) atoms. The minimum absolute atomic E-state index is 0.0973. The molecule has 0 aliphatic carbocycles. The SMILES string of the molecule is COc1ccc(Cl)cc1NC(=O)N1C2CCC1CC(n1nccn1)C2. The fraction of sp³-hybridized carbons (Fsp3) is 0.471. The molecule has 1 aromatic heterocycles. The van der Waals surface area contributed by atoms with Gasteiger partial charge in [-0.1, -0.05) is 11.6 Å². The van der Waals surface area contributed by atoms with Gasteiger partial charge in [0.15, 0.2) is 0 Å². The van der Waals surface area contributed by atoms with Crippen molar-refractivity contribution in [3.63, 3.8) is 0 Å². The minimum atomic E-state index is -0.0973. The predicted octanol–water partition coefficient (Wildman–Crippen LogP) is 3.34. The number of methoxy groups -OCH3 is 1. The Labute approximate surface area is 150 Å². The molecule has 1 N–H and O–H groups in total. The topological polar surface area (TPSA) is 72.3 Å². The molecule has 2 amide bonds. The summed E-state index contributed by atoms with van der Waals surface area (Å²) in [5.41, 5.74) is 0.593. The number of rotatable bonds is 3. The van der Waals surface area contributed by atoms with Crippen LogP contribution >= 0.6 is 11.6 Å². The Kier molecular flexibility index (Phi) is 4.25. The normalized spacial score (nSPS) is 25.0. The van der Waals surface area contributed by atoms with Crippen molar-refractivity contribution < 1.29 is 9.53 Å². The molecule has 3 heterocycles. The summed E-state index contributed by atoms with van der Waals surface area (Å²) < 4.78 is 5.31. The number of piperidine rings is 1. The summed E-state index contributed by atoms with van der Waals surface area (Å²) >= 11 is 6.05. The average molecular weight is 362 g/mol. The molecule has 132 valence electrons. The van der Waals surface area contributed by atoms with E-state index in [0.29, 0.717) is 16.5 Å². The second kappa shape index (κ2) is 6.55. The lowest BCUT2D eigenvalue weighted by Gasteiger charge is -2.38. The number of amides is 2. The molecule has 2 saturated heterocycles. The van der Waals surface area contributed by atoms with E-state index in [1.807, 2.05) is 4.90 Å².